The van der Waals surface area contributed by atoms with Crippen molar-refractivity contribution in [1.29, 1.82) is 0 Å². The number of hydrogen-bond donors (Lipinski definition) is 1. The molecule has 1 aromatic carbocycles. The lowest BCUT2D eigenvalue weighted by Gasteiger charge is -2.47. The molecule has 1 unspecified atom stereocenters. The summed E-state index contributed by atoms with van der Waals surface area (Å²) < 4.78 is 0. The van der Waals surface area contributed by atoms with Crippen LogP contribution in [0.5, 0.6) is 0 Å². The van der Waals surface area contributed by atoms with E-state index in [4.69, 9.17) is 0 Å². The van der Waals surface area contributed by atoms with E-state index in [2.05, 4.69) is 54.4 Å². The summed E-state index contributed by atoms with van der Waals surface area (Å²) in [6.07, 6.45) is 2.48. The van der Waals surface area contributed by atoms with Crippen molar-refractivity contribution in [2.24, 2.45) is 0 Å². The maximum absolute atomic E-state index is 3.52. The van der Waals surface area contributed by atoms with Gasteiger partial charge in [-0.05, 0) is 25.5 Å². The minimum atomic E-state index is 0.272. The molecule has 1 fully saturated rings. The number of benzene rings is 1. The number of rotatable bonds is 3. The second-order valence-electron chi connectivity index (χ2n) is 4.91. The molecule has 1 N–H and O–H groups in total. The maximum atomic E-state index is 3.52. The fourth-order valence-corrected chi connectivity index (χ4v) is 2.72. The molecule has 1 aromatic rings. The lowest BCUT2D eigenvalue weighted by atomic mass is 9.91. The number of hydrogen-bond acceptors (Lipinski definition) is 2. The van der Waals surface area contributed by atoms with Crippen molar-refractivity contribution in [3.8, 4) is 0 Å². The zero-order valence-electron chi connectivity index (χ0n) is 10.4. The van der Waals surface area contributed by atoms with Gasteiger partial charge in [0.15, 0.2) is 0 Å². The first kappa shape index (κ1) is 11.5. The summed E-state index contributed by atoms with van der Waals surface area (Å²) in [5, 5.41) is 3.52. The predicted octanol–water partition coefficient (Wildman–Crippen LogP) is 2.66. The molecule has 0 bridgehead atoms. The van der Waals surface area contributed by atoms with E-state index < -0.39 is 0 Å². The molecule has 0 aromatic heterocycles. The predicted molar refractivity (Wildman–Crippen MR) is 70.0 cm³/mol. The van der Waals surface area contributed by atoms with Gasteiger partial charge in [-0.2, -0.15) is 0 Å². The number of anilines is 1. The van der Waals surface area contributed by atoms with Crippen molar-refractivity contribution in [2.45, 2.75) is 32.2 Å². The molecule has 1 atom stereocenters. The second-order valence-corrected chi connectivity index (χ2v) is 4.91. The van der Waals surface area contributed by atoms with Crippen LogP contribution in [0, 0.1) is 0 Å². The van der Waals surface area contributed by atoms with Gasteiger partial charge in [0.25, 0.3) is 0 Å². The van der Waals surface area contributed by atoms with E-state index in [-0.39, 0.29) is 5.54 Å². The van der Waals surface area contributed by atoms with Crippen LogP contribution in [-0.4, -0.2) is 25.2 Å². The molecule has 1 aliphatic rings. The van der Waals surface area contributed by atoms with Crippen molar-refractivity contribution in [2.75, 3.05) is 24.5 Å². The van der Waals surface area contributed by atoms with Gasteiger partial charge < -0.3 is 10.2 Å². The second kappa shape index (κ2) is 4.88. The molecule has 0 spiro atoms. The van der Waals surface area contributed by atoms with Crippen molar-refractivity contribution in [1.82, 2.24) is 5.32 Å². The van der Waals surface area contributed by atoms with Crippen LogP contribution in [0.2, 0.25) is 0 Å². The smallest absolute Gasteiger partial charge is 0.0498 e. The fourth-order valence-electron chi connectivity index (χ4n) is 2.72. The number of nitrogens with one attached hydrogen (secondary N) is 1. The van der Waals surface area contributed by atoms with Gasteiger partial charge in [-0.15, -0.1) is 0 Å². The molecular weight excluding hydrogens is 196 g/mol. The molecule has 2 nitrogen and oxygen atoms in total. The van der Waals surface area contributed by atoms with Gasteiger partial charge in [0.1, 0.15) is 0 Å². The Balaban J connectivity index is 2.23. The minimum Gasteiger partial charge on any atom is -0.364 e. The lowest BCUT2D eigenvalue weighted by molar-refractivity contribution is 0.329. The zero-order chi connectivity index (χ0) is 11.4. The van der Waals surface area contributed by atoms with Crippen LogP contribution in [0.3, 0.4) is 0 Å². The maximum Gasteiger partial charge on any atom is 0.0498 e. The van der Waals surface area contributed by atoms with Crippen LogP contribution in [0.1, 0.15) is 26.7 Å². The van der Waals surface area contributed by atoms with Crippen molar-refractivity contribution in [3.05, 3.63) is 30.3 Å². The zero-order valence-corrected chi connectivity index (χ0v) is 10.4. The van der Waals surface area contributed by atoms with E-state index in [9.17, 15) is 0 Å². The van der Waals surface area contributed by atoms with Gasteiger partial charge in [-0.25, -0.2) is 0 Å². The Kier molecular flexibility index (Phi) is 3.49. The van der Waals surface area contributed by atoms with Crippen LogP contribution < -0.4 is 10.2 Å². The van der Waals surface area contributed by atoms with Crippen LogP contribution >= 0.6 is 0 Å². The molecule has 16 heavy (non-hydrogen) atoms. The first-order valence-corrected chi connectivity index (χ1v) is 6.30. The third kappa shape index (κ3) is 2.22. The number of piperazine rings is 1. The van der Waals surface area contributed by atoms with Gasteiger partial charge in [0.05, 0.1) is 0 Å². The fraction of sp³-hybridized carbons (Fsp3) is 0.571. The summed E-state index contributed by atoms with van der Waals surface area (Å²) in [5.74, 6) is 0. The minimum absolute atomic E-state index is 0.272. The summed E-state index contributed by atoms with van der Waals surface area (Å²) in [5.41, 5.74) is 1.63. The van der Waals surface area contributed by atoms with Crippen LogP contribution in [0.25, 0.3) is 0 Å². The Morgan fingerprint density at radius 2 is 2.06 bits per heavy atom. The number of nitrogens with zero attached hydrogens (tertiary/aromatic N) is 1. The van der Waals surface area contributed by atoms with Gasteiger partial charge in [-0.1, -0.05) is 31.5 Å². The van der Waals surface area contributed by atoms with Gasteiger partial charge in [0.2, 0.25) is 0 Å². The van der Waals surface area contributed by atoms with E-state index in [1.54, 1.807) is 0 Å². The molecule has 2 rings (SSSR count). The highest BCUT2D eigenvalue weighted by atomic mass is 15.3. The van der Waals surface area contributed by atoms with E-state index >= 15 is 0 Å². The molecule has 0 aliphatic carbocycles. The molecule has 2 heteroatoms. The lowest BCUT2D eigenvalue weighted by Crippen LogP contribution is -2.59. The topological polar surface area (TPSA) is 15.3 Å². The Bertz CT molecular complexity index is 319. The van der Waals surface area contributed by atoms with Crippen LogP contribution in [0.4, 0.5) is 5.69 Å². The summed E-state index contributed by atoms with van der Waals surface area (Å²) in [6, 6.07) is 10.8. The van der Waals surface area contributed by atoms with E-state index in [1.807, 2.05) is 0 Å². The molecule has 88 valence electrons. The summed E-state index contributed by atoms with van der Waals surface area (Å²) in [7, 11) is 0. The summed E-state index contributed by atoms with van der Waals surface area (Å²) in [4.78, 5) is 2.56. The van der Waals surface area contributed by atoms with Crippen molar-refractivity contribution >= 4 is 5.69 Å². The molecule has 0 saturated carbocycles. The highest BCUT2D eigenvalue weighted by Crippen LogP contribution is 2.28. The van der Waals surface area contributed by atoms with Crippen LogP contribution in [-0.2, 0) is 0 Å². The average molecular weight is 218 g/mol. The Morgan fingerprint density at radius 1 is 1.31 bits per heavy atom. The average Bonchev–Trinajstić information content (AvgIpc) is 2.31. The molecule has 0 amide bonds. The normalized spacial score (nSPS) is 25.8. The standard InChI is InChI=1S/C14H22N2/c1-3-9-14(2)12-15-10-11-16(14)13-7-5-4-6-8-13/h4-8,15H,3,9-12H2,1-2H3. The Labute approximate surface area is 98.7 Å². The monoisotopic (exact) mass is 218 g/mol. The molecule has 1 aliphatic heterocycles. The first-order chi connectivity index (χ1) is 7.76. The van der Waals surface area contributed by atoms with Gasteiger partial charge in [0, 0.05) is 30.9 Å². The molecule has 0 radical (unpaired) electrons. The quantitative estimate of drug-likeness (QED) is 0.839. The third-order valence-electron chi connectivity index (χ3n) is 3.53. The molecular formula is C14H22N2. The number of para-hydroxylation sites is 1. The van der Waals surface area contributed by atoms with E-state index in [1.165, 1.54) is 18.5 Å². The van der Waals surface area contributed by atoms with Gasteiger partial charge >= 0.3 is 0 Å². The third-order valence-corrected chi connectivity index (χ3v) is 3.53. The SMILES string of the molecule is CCCC1(C)CNCCN1c1ccccc1. The Morgan fingerprint density at radius 3 is 2.75 bits per heavy atom. The highest BCUT2D eigenvalue weighted by molar-refractivity contribution is 5.49. The van der Waals surface area contributed by atoms with Crippen LogP contribution in [0.15, 0.2) is 30.3 Å². The Hall–Kier alpha value is -1.02. The first-order valence-electron chi connectivity index (χ1n) is 6.30. The molecule has 1 saturated heterocycles. The van der Waals surface area contributed by atoms with Gasteiger partial charge in [-0.3, -0.25) is 0 Å². The summed E-state index contributed by atoms with van der Waals surface area (Å²) in [6.45, 7) is 7.93. The van der Waals surface area contributed by atoms with E-state index in [0.29, 0.717) is 0 Å². The summed E-state index contributed by atoms with van der Waals surface area (Å²) >= 11 is 0. The van der Waals surface area contributed by atoms with Crippen molar-refractivity contribution < 1.29 is 0 Å². The molecule has 1 heterocycles. The van der Waals surface area contributed by atoms with Crippen molar-refractivity contribution in [3.63, 3.8) is 0 Å². The van der Waals surface area contributed by atoms with E-state index in [0.717, 1.165) is 19.6 Å². The highest BCUT2D eigenvalue weighted by Gasteiger charge is 2.33. The largest absolute Gasteiger partial charge is 0.364 e.